The van der Waals surface area contributed by atoms with Gasteiger partial charge in [-0.05, 0) is 24.3 Å². The first-order valence-corrected chi connectivity index (χ1v) is 4.54. The molecule has 0 amide bonds. The van der Waals surface area contributed by atoms with E-state index in [1.807, 2.05) is 0 Å². The average molecular weight is 225 g/mol. The Morgan fingerprint density at radius 2 is 2.20 bits per heavy atom. The van der Waals surface area contributed by atoms with Gasteiger partial charge in [-0.2, -0.15) is 5.10 Å². The topological polar surface area (TPSA) is 45.8 Å². The van der Waals surface area contributed by atoms with Crippen LogP contribution in [0.1, 0.15) is 10.5 Å². The van der Waals surface area contributed by atoms with Gasteiger partial charge in [0.25, 0.3) is 0 Å². The van der Waals surface area contributed by atoms with Gasteiger partial charge in [0.2, 0.25) is 0 Å². The molecule has 0 aliphatic heterocycles. The first-order valence-electron chi connectivity index (χ1n) is 4.16. The van der Waals surface area contributed by atoms with E-state index in [1.165, 1.54) is 18.2 Å². The second kappa shape index (κ2) is 3.82. The second-order valence-electron chi connectivity index (χ2n) is 2.95. The van der Waals surface area contributed by atoms with E-state index in [1.54, 1.807) is 6.07 Å². The van der Waals surface area contributed by atoms with Crippen LogP contribution in [0.5, 0.6) is 0 Å². The van der Waals surface area contributed by atoms with Crippen LogP contribution in [0.25, 0.3) is 11.3 Å². The largest absolute Gasteiger partial charge is 0.296 e. The minimum absolute atomic E-state index is 0.263. The molecule has 0 radical (unpaired) electrons. The summed E-state index contributed by atoms with van der Waals surface area (Å²) in [6.07, 6.45) is 0.647. The second-order valence-corrected chi connectivity index (χ2v) is 3.36. The Morgan fingerprint density at radius 3 is 2.80 bits per heavy atom. The number of aromatic amines is 1. The van der Waals surface area contributed by atoms with Crippen molar-refractivity contribution in [3.63, 3.8) is 0 Å². The number of benzene rings is 1. The molecule has 0 spiro atoms. The van der Waals surface area contributed by atoms with Crippen LogP contribution in [-0.4, -0.2) is 16.5 Å². The summed E-state index contributed by atoms with van der Waals surface area (Å²) in [4.78, 5) is 10.4. The Balaban J connectivity index is 2.49. The molecule has 2 rings (SSSR count). The van der Waals surface area contributed by atoms with Crippen molar-refractivity contribution in [3.8, 4) is 11.3 Å². The number of H-pyrrole nitrogens is 1. The van der Waals surface area contributed by atoms with E-state index in [0.717, 1.165) is 0 Å². The summed E-state index contributed by atoms with van der Waals surface area (Å²) in [5.41, 5.74) is 1.45. The predicted molar refractivity (Wildman–Crippen MR) is 54.4 cm³/mol. The molecule has 76 valence electrons. The van der Waals surface area contributed by atoms with Gasteiger partial charge in [-0.1, -0.05) is 11.6 Å². The number of hydrogen-bond acceptors (Lipinski definition) is 2. The van der Waals surface area contributed by atoms with Gasteiger partial charge in [0.15, 0.2) is 6.29 Å². The lowest BCUT2D eigenvalue weighted by atomic mass is 10.1. The fourth-order valence-corrected chi connectivity index (χ4v) is 1.50. The molecule has 0 fully saturated rings. The van der Waals surface area contributed by atoms with Gasteiger partial charge in [0.05, 0.1) is 16.4 Å². The highest BCUT2D eigenvalue weighted by Crippen LogP contribution is 2.26. The minimum Gasteiger partial charge on any atom is -0.296 e. The van der Waals surface area contributed by atoms with Gasteiger partial charge in [-0.25, -0.2) is 4.39 Å². The SMILES string of the molecule is O=Cc1cc(-c2ccc(F)cc2Cl)n[nH]1. The van der Waals surface area contributed by atoms with Crippen LogP contribution in [0, 0.1) is 5.82 Å². The van der Waals surface area contributed by atoms with Gasteiger partial charge in [0, 0.05) is 5.56 Å². The number of hydrogen-bond donors (Lipinski definition) is 1. The fourth-order valence-electron chi connectivity index (χ4n) is 1.23. The maximum absolute atomic E-state index is 12.8. The standard InChI is InChI=1S/C10H6ClFN2O/c11-9-3-6(12)1-2-8(9)10-4-7(5-15)13-14-10/h1-5H,(H,13,14). The third kappa shape index (κ3) is 1.89. The maximum atomic E-state index is 12.8. The van der Waals surface area contributed by atoms with Crippen LogP contribution < -0.4 is 0 Å². The Kier molecular flexibility index (Phi) is 2.51. The molecule has 0 saturated carbocycles. The van der Waals surface area contributed by atoms with Crippen molar-refractivity contribution < 1.29 is 9.18 Å². The highest BCUT2D eigenvalue weighted by Gasteiger charge is 2.08. The fraction of sp³-hybridized carbons (Fsp3) is 0. The van der Waals surface area contributed by atoms with E-state index in [0.29, 0.717) is 23.2 Å². The number of rotatable bonds is 2. The van der Waals surface area contributed by atoms with E-state index in [9.17, 15) is 9.18 Å². The maximum Gasteiger partial charge on any atom is 0.167 e. The van der Waals surface area contributed by atoms with Crippen LogP contribution in [0.4, 0.5) is 4.39 Å². The lowest BCUT2D eigenvalue weighted by molar-refractivity contribution is 0.111. The summed E-state index contributed by atoms with van der Waals surface area (Å²) in [5, 5.41) is 6.67. The molecule has 0 aliphatic rings. The lowest BCUT2D eigenvalue weighted by Crippen LogP contribution is -1.81. The molecule has 0 unspecified atom stereocenters. The molecular weight excluding hydrogens is 219 g/mol. The molecule has 0 atom stereocenters. The number of aldehydes is 1. The van der Waals surface area contributed by atoms with Crippen LogP contribution in [0.3, 0.4) is 0 Å². The highest BCUT2D eigenvalue weighted by atomic mass is 35.5. The quantitative estimate of drug-likeness (QED) is 0.798. The summed E-state index contributed by atoms with van der Waals surface area (Å²) >= 11 is 5.83. The Morgan fingerprint density at radius 1 is 1.40 bits per heavy atom. The Labute approximate surface area is 89.9 Å². The summed E-state index contributed by atoms with van der Waals surface area (Å²) in [6.45, 7) is 0. The molecule has 15 heavy (non-hydrogen) atoms. The van der Waals surface area contributed by atoms with Crippen LogP contribution >= 0.6 is 11.6 Å². The van der Waals surface area contributed by atoms with E-state index < -0.39 is 5.82 Å². The summed E-state index contributed by atoms with van der Waals surface area (Å²) in [6, 6.07) is 5.55. The smallest absolute Gasteiger partial charge is 0.167 e. The Bertz CT molecular complexity index is 510. The third-order valence-electron chi connectivity index (χ3n) is 1.93. The van der Waals surface area contributed by atoms with Crippen molar-refractivity contribution in [1.29, 1.82) is 0 Å². The van der Waals surface area contributed by atoms with Crippen molar-refractivity contribution in [2.75, 3.05) is 0 Å². The van der Waals surface area contributed by atoms with Crippen LogP contribution in [0.15, 0.2) is 24.3 Å². The number of halogens is 2. The average Bonchev–Trinajstić information content (AvgIpc) is 2.66. The van der Waals surface area contributed by atoms with Gasteiger partial charge >= 0.3 is 0 Å². The van der Waals surface area contributed by atoms with Crippen molar-refractivity contribution in [3.05, 3.63) is 40.8 Å². The number of carbonyl (C=O) groups is 1. The third-order valence-corrected chi connectivity index (χ3v) is 2.24. The highest BCUT2D eigenvalue weighted by molar-refractivity contribution is 6.33. The van der Waals surface area contributed by atoms with Gasteiger partial charge in [-0.3, -0.25) is 9.89 Å². The normalized spacial score (nSPS) is 10.3. The molecule has 1 heterocycles. The van der Waals surface area contributed by atoms with Gasteiger partial charge in [-0.15, -0.1) is 0 Å². The molecular formula is C10H6ClFN2O. The van der Waals surface area contributed by atoms with Crippen LogP contribution in [-0.2, 0) is 0 Å². The number of carbonyl (C=O) groups excluding carboxylic acids is 1. The molecule has 1 aromatic heterocycles. The molecule has 0 aliphatic carbocycles. The summed E-state index contributed by atoms with van der Waals surface area (Å²) < 4.78 is 12.8. The molecule has 1 N–H and O–H groups in total. The number of nitrogens with zero attached hydrogens (tertiary/aromatic N) is 1. The first kappa shape index (κ1) is 9.86. The predicted octanol–water partition coefficient (Wildman–Crippen LogP) is 2.68. The van der Waals surface area contributed by atoms with Crippen molar-refractivity contribution in [2.45, 2.75) is 0 Å². The number of aromatic nitrogens is 2. The lowest BCUT2D eigenvalue weighted by Gasteiger charge is -1.99. The van der Waals surface area contributed by atoms with Gasteiger partial charge < -0.3 is 0 Å². The zero-order chi connectivity index (χ0) is 10.8. The van der Waals surface area contributed by atoms with Crippen molar-refractivity contribution in [1.82, 2.24) is 10.2 Å². The monoisotopic (exact) mass is 224 g/mol. The van der Waals surface area contributed by atoms with E-state index in [-0.39, 0.29) is 5.02 Å². The zero-order valence-electron chi connectivity index (χ0n) is 7.50. The molecule has 3 nitrogen and oxygen atoms in total. The van der Waals surface area contributed by atoms with Crippen LogP contribution in [0.2, 0.25) is 5.02 Å². The van der Waals surface area contributed by atoms with E-state index in [4.69, 9.17) is 11.6 Å². The zero-order valence-corrected chi connectivity index (χ0v) is 8.25. The molecule has 1 aromatic carbocycles. The Hall–Kier alpha value is -1.68. The minimum atomic E-state index is -0.408. The summed E-state index contributed by atoms with van der Waals surface area (Å²) in [5.74, 6) is -0.408. The number of nitrogens with one attached hydrogen (secondary N) is 1. The van der Waals surface area contributed by atoms with Gasteiger partial charge in [0.1, 0.15) is 5.82 Å². The molecule has 2 aromatic rings. The first-order chi connectivity index (χ1) is 7.20. The molecule has 0 bridgehead atoms. The molecule has 0 saturated heterocycles. The molecule has 5 heteroatoms. The van der Waals surface area contributed by atoms with E-state index >= 15 is 0 Å². The van der Waals surface area contributed by atoms with Crippen molar-refractivity contribution in [2.24, 2.45) is 0 Å². The summed E-state index contributed by atoms with van der Waals surface area (Å²) in [7, 11) is 0. The van der Waals surface area contributed by atoms with E-state index in [2.05, 4.69) is 10.2 Å². The van der Waals surface area contributed by atoms with Crippen molar-refractivity contribution >= 4 is 17.9 Å².